The lowest BCUT2D eigenvalue weighted by Crippen LogP contribution is -2.40. The Hall–Kier alpha value is -2.14. The minimum atomic E-state index is 0.306. The molecule has 1 aromatic heterocycles. The summed E-state index contributed by atoms with van der Waals surface area (Å²) >= 11 is 0. The molecule has 1 unspecified atom stereocenters. The molecule has 1 aromatic carbocycles. The van der Waals surface area contributed by atoms with E-state index in [0.717, 1.165) is 37.5 Å². The number of guanidine groups is 1. The zero-order valence-electron chi connectivity index (χ0n) is 12.9. The third kappa shape index (κ3) is 3.54. The molecular formula is C17H22N4O. The minimum absolute atomic E-state index is 0.306. The molecule has 2 heterocycles. The number of nitrogens with zero attached hydrogens (tertiary/aromatic N) is 2. The molecule has 0 bridgehead atoms. The molecule has 1 fully saturated rings. The summed E-state index contributed by atoms with van der Waals surface area (Å²) in [6, 6.07) is 10.2. The van der Waals surface area contributed by atoms with Crippen molar-refractivity contribution in [1.82, 2.24) is 15.6 Å². The van der Waals surface area contributed by atoms with Crippen molar-refractivity contribution in [1.29, 1.82) is 0 Å². The Kier molecular flexibility index (Phi) is 4.85. The topological polar surface area (TPSA) is 58.5 Å². The SMILES string of the molecule is CN=C(NCc1ccnc2ccccc12)NCC1CCCO1. The molecule has 22 heavy (non-hydrogen) atoms. The quantitative estimate of drug-likeness (QED) is 0.670. The molecular weight excluding hydrogens is 276 g/mol. The molecule has 5 nitrogen and oxygen atoms in total. The lowest BCUT2D eigenvalue weighted by Gasteiger charge is -2.15. The largest absolute Gasteiger partial charge is 0.376 e. The van der Waals surface area contributed by atoms with Gasteiger partial charge in [-0.15, -0.1) is 0 Å². The molecule has 0 amide bonds. The summed E-state index contributed by atoms with van der Waals surface area (Å²) in [5.74, 6) is 0.802. The predicted octanol–water partition coefficient (Wildman–Crippen LogP) is 2.08. The third-order valence-corrected chi connectivity index (χ3v) is 3.93. The molecule has 5 heteroatoms. The maximum absolute atomic E-state index is 5.61. The number of rotatable bonds is 4. The lowest BCUT2D eigenvalue weighted by atomic mass is 10.1. The van der Waals surface area contributed by atoms with Crippen molar-refractivity contribution < 1.29 is 4.74 Å². The van der Waals surface area contributed by atoms with Crippen LogP contribution in [0.3, 0.4) is 0 Å². The molecule has 0 aliphatic carbocycles. The highest BCUT2D eigenvalue weighted by atomic mass is 16.5. The summed E-state index contributed by atoms with van der Waals surface area (Å²) < 4.78 is 5.61. The zero-order chi connectivity index (χ0) is 15.2. The number of ether oxygens (including phenoxy) is 1. The van der Waals surface area contributed by atoms with Crippen LogP contribution in [0, 0.1) is 0 Å². The van der Waals surface area contributed by atoms with Crippen LogP contribution < -0.4 is 10.6 Å². The van der Waals surface area contributed by atoms with E-state index in [1.807, 2.05) is 30.5 Å². The molecule has 2 N–H and O–H groups in total. The predicted molar refractivity (Wildman–Crippen MR) is 88.9 cm³/mol. The van der Waals surface area contributed by atoms with Crippen LogP contribution >= 0.6 is 0 Å². The summed E-state index contributed by atoms with van der Waals surface area (Å²) in [5.41, 5.74) is 2.23. The second-order valence-electron chi connectivity index (χ2n) is 5.43. The van der Waals surface area contributed by atoms with E-state index < -0.39 is 0 Å². The van der Waals surface area contributed by atoms with Gasteiger partial charge in [-0.2, -0.15) is 0 Å². The standard InChI is InChI=1S/C17H22N4O/c1-18-17(21-12-14-5-4-10-22-14)20-11-13-8-9-19-16-7-3-2-6-15(13)16/h2-3,6-9,14H,4-5,10-12H2,1H3,(H2,18,20,21). The van der Waals surface area contributed by atoms with Crippen LogP contribution in [0.5, 0.6) is 0 Å². The number of para-hydroxylation sites is 1. The maximum Gasteiger partial charge on any atom is 0.191 e. The molecule has 1 atom stereocenters. The summed E-state index contributed by atoms with van der Waals surface area (Å²) in [5, 5.41) is 7.86. The van der Waals surface area contributed by atoms with Crippen molar-refractivity contribution in [3.05, 3.63) is 42.1 Å². The van der Waals surface area contributed by atoms with Crippen molar-refractivity contribution in [2.24, 2.45) is 4.99 Å². The number of fused-ring (bicyclic) bond motifs is 1. The van der Waals surface area contributed by atoms with Crippen LogP contribution in [0.1, 0.15) is 18.4 Å². The van der Waals surface area contributed by atoms with E-state index in [4.69, 9.17) is 4.74 Å². The Morgan fingerprint density at radius 3 is 3.05 bits per heavy atom. The number of pyridine rings is 1. The van der Waals surface area contributed by atoms with E-state index in [1.54, 1.807) is 7.05 Å². The molecule has 2 aromatic rings. The number of aliphatic imine (C=N–C) groups is 1. The van der Waals surface area contributed by atoms with Gasteiger partial charge in [0.2, 0.25) is 0 Å². The fraction of sp³-hybridized carbons (Fsp3) is 0.412. The molecule has 1 saturated heterocycles. The highest BCUT2D eigenvalue weighted by Crippen LogP contribution is 2.15. The van der Waals surface area contributed by atoms with Gasteiger partial charge >= 0.3 is 0 Å². The summed E-state index contributed by atoms with van der Waals surface area (Å²) in [6.45, 7) is 2.40. The average molecular weight is 298 g/mol. The maximum atomic E-state index is 5.61. The van der Waals surface area contributed by atoms with Gasteiger partial charge in [-0.1, -0.05) is 18.2 Å². The van der Waals surface area contributed by atoms with Crippen molar-refractivity contribution >= 4 is 16.9 Å². The molecule has 1 aliphatic rings. The minimum Gasteiger partial charge on any atom is -0.376 e. The second kappa shape index (κ2) is 7.22. The van der Waals surface area contributed by atoms with Gasteiger partial charge < -0.3 is 15.4 Å². The summed E-state index contributed by atoms with van der Waals surface area (Å²) in [4.78, 5) is 8.65. The van der Waals surface area contributed by atoms with E-state index >= 15 is 0 Å². The number of nitrogens with one attached hydrogen (secondary N) is 2. The smallest absolute Gasteiger partial charge is 0.191 e. The molecule has 0 radical (unpaired) electrons. The Morgan fingerprint density at radius 2 is 2.23 bits per heavy atom. The second-order valence-corrected chi connectivity index (χ2v) is 5.43. The van der Waals surface area contributed by atoms with Crippen LogP contribution in [-0.4, -0.2) is 37.2 Å². The van der Waals surface area contributed by atoms with Gasteiger partial charge in [-0.05, 0) is 30.5 Å². The first-order chi connectivity index (χ1) is 10.9. The number of hydrogen-bond donors (Lipinski definition) is 2. The van der Waals surface area contributed by atoms with Gasteiger partial charge in [-0.3, -0.25) is 9.98 Å². The Balaban J connectivity index is 1.59. The summed E-state index contributed by atoms with van der Waals surface area (Å²) in [6.07, 6.45) is 4.43. The molecule has 3 rings (SSSR count). The third-order valence-electron chi connectivity index (χ3n) is 3.93. The first-order valence-electron chi connectivity index (χ1n) is 7.75. The van der Waals surface area contributed by atoms with Gasteiger partial charge in [0.05, 0.1) is 11.6 Å². The molecule has 0 spiro atoms. The molecule has 1 aliphatic heterocycles. The number of benzene rings is 1. The van der Waals surface area contributed by atoms with E-state index in [-0.39, 0.29) is 0 Å². The number of aromatic nitrogens is 1. The fourth-order valence-corrected chi connectivity index (χ4v) is 2.72. The van der Waals surface area contributed by atoms with Gasteiger partial charge in [0.25, 0.3) is 0 Å². The van der Waals surface area contributed by atoms with Crippen LogP contribution in [0.25, 0.3) is 10.9 Å². The van der Waals surface area contributed by atoms with Crippen LogP contribution in [-0.2, 0) is 11.3 Å². The van der Waals surface area contributed by atoms with Crippen molar-refractivity contribution in [2.75, 3.05) is 20.2 Å². The van der Waals surface area contributed by atoms with E-state index in [2.05, 4.69) is 26.7 Å². The van der Waals surface area contributed by atoms with Crippen LogP contribution in [0.15, 0.2) is 41.5 Å². The molecule has 116 valence electrons. The first kappa shape index (κ1) is 14.8. The summed E-state index contributed by atoms with van der Waals surface area (Å²) in [7, 11) is 1.79. The monoisotopic (exact) mass is 298 g/mol. The van der Waals surface area contributed by atoms with Gasteiger partial charge in [0.1, 0.15) is 0 Å². The highest BCUT2D eigenvalue weighted by molar-refractivity contribution is 5.83. The van der Waals surface area contributed by atoms with Gasteiger partial charge in [0, 0.05) is 38.3 Å². The normalized spacial score (nSPS) is 18.6. The van der Waals surface area contributed by atoms with Crippen LogP contribution in [0.4, 0.5) is 0 Å². The van der Waals surface area contributed by atoms with E-state index in [9.17, 15) is 0 Å². The van der Waals surface area contributed by atoms with Gasteiger partial charge in [0.15, 0.2) is 5.96 Å². The molecule has 0 saturated carbocycles. The Labute approximate surface area is 130 Å². The Morgan fingerprint density at radius 1 is 1.32 bits per heavy atom. The fourth-order valence-electron chi connectivity index (χ4n) is 2.72. The first-order valence-corrected chi connectivity index (χ1v) is 7.75. The average Bonchev–Trinajstić information content (AvgIpc) is 3.08. The van der Waals surface area contributed by atoms with Gasteiger partial charge in [-0.25, -0.2) is 0 Å². The van der Waals surface area contributed by atoms with E-state index in [1.165, 1.54) is 10.9 Å². The van der Waals surface area contributed by atoms with Crippen molar-refractivity contribution in [3.63, 3.8) is 0 Å². The van der Waals surface area contributed by atoms with Crippen molar-refractivity contribution in [3.8, 4) is 0 Å². The zero-order valence-corrected chi connectivity index (χ0v) is 12.9. The number of hydrogen-bond acceptors (Lipinski definition) is 3. The van der Waals surface area contributed by atoms with Crippen molar-refractivity contribution in [2.45, 2.75) is 25.5 Å². The lowest BCUT2D eigenvalue weighted by molar-refractivity contribution is 0.114. The Bertz CT molecular complexity index is 645. The van der Waals surface area contributed by atoms with E-state index in [0.29, 0.717) is 12.6 Å². The highest BCUT2D eigenvalue weighted by Gasteiger charge is 2.15. The van der Waals surface area contributed by atoms with Crippen LogP contribution in [0.2, 0.25) is 0 Å².